The average molecular weight is 397 g/mol. The molecule has 1 rings (SSSR count). The third-order valence-electron chi connectivity index (χ3n) is 4.12. The molecule has 0 aromatic carbocycles. The maximum Gasteiger partial charge on any atom is 0.305 e. The lowest BCUT2D eigenvalue weighted by atomic mass is 10.1. The SMILES string of the molecule is CCCCCCCCCCCCCC(=O)OCC1COP(=S)(S)O1. The number of carbonyl (C=O) groups excluding carboxylic acids is 1. The van der Waals surface area contributed by atoms with Crippen molar-refractivity contribution < 1.29 is 18.6 Å². The van der Waals surface area contributed by atoms with Gasteiger partial charge in [-0.05, 0) is 18.2 Å². The van der Waals surface area contributed by atoms with E-state index in [1.165, 1.54) is 57.8 Å². The summed E-state index contributed by atoms with van der Waals surface area (Å²) in [4.78, 5) is 11.7. The van der Waals surface area contributed by atoms with Crippen LogP contribution in [0.4, 0.5) is 0 Å². The van der Waals surface area contributed by atoms with Crippen molar-refractivity contribution in [2.75, 3.05) is 13.2 Å². The van der Waals surface area contributed by atoms with Gasteiger partial charge >= 0.3 is 5.97 Å². The van der Waals surface area contributed by atoms with Crippen LogP contribution in [0.3, 0.4) is 0 Å². The van der Waals surface area contributed by atoms with E-state index in [1.807, 2.05) is 0 Å². The van der Waals surface area contributed by atoms with E-state index in [-0.39, 0.29) is 18.7 Å². The Labute approximate surface area is 157 Å². The molecular weight excluding hydrogens is 363 g/mol. The largest absolute Gasteiger partial charge is 0.463 e. The van der Waals surface area contributed by atoms with Crippen LogP contribution < -0.4 is 0 Å². The summed E-state index contributed by atoms with van der Waals surface area (Å²) in [6.45, 7) is 2.84. The molecule has 0 saturated carbocycles. The first kappa shape index (κ1) is 22.4. The highest BCUT2D eigenvalue weighted by Gasteiger charge is 2.30. The fourth-order valence-corrected chi connectivity index (χ4v) is 4.76. The number of unbranched alkanes of at least 4 members (excludes halogenated alkanes) is 10. The Bertz CT molecular complexity index is 393. The van der Waals surface area contributed by atoms with E-state index >= 15 is 0 Å². The molecule has 2 unspecified atom stereocenters. The molecule has 0 aromatic rings. The molecule has 1 aliphatic rings. The first-order chi connectivity index (χ1) is 11.5. The number of esters is 1. The molecule has 0 aromatic heterocycles. The highest BCUT2D eigenvalue weighted by Crippen LogP contribution is 2.58. The van der Waals surface area contributed by atoms with Crippen molar-refractivity contribution in [1.29, 1.82) is 0 Å². The van der Waals surface area contributed by atoms with Crippen LogP contribution in [0.15, 0.2) is 0 Å². The zero-order valence-corrected chi connectivity index (χ0v) is 17.5. The Balaban J connectivity index is 1.84. The molecule has 0 spiro atoms. The van der Waals surface area contributed by atoms with Crippen molar-refractivity contribution in [1.82, 2.24) is 0 Å². The van der Waals surface area contributed by atoms with Gasteiger partial charge in [0.25, 0.3) is 0 Å². The van der Waals surface area contributed by atoms with E-state index in [0.717, 1.165) is 12.8 Å². The number of ether oxygens (including phenoxy) is 1. The summed E-state index contributed by atoms with van der Waals surface area (Å²) in [7, 11) is 0. The second-order valence-corrected chi connectivity index (χ2v) is 11.7. The molecule has 142 valence electrons. The third kappa shape index (κ3) is 11.9. The van der Waals surface area contributed by atoms with Crippen LogP contribution in [0.1, 0.15) is 84.0 Å². The second-order valence-electron chi connectivity index (χ2n) is 6.46. The number of carbonyl (C=O) groups is 1. The van der Waals surface area contributed by atoms with E-state index in [4.69, 9.17) is 25.6 Å². The molecule has 1 saturated heterocycles. The van der Waals surface area contributed by atoms with Crippen LogP contribution in [0, 0.1) is 0 Å². The van der Waals surface area contributed by atoms with Gasteiger partial charge in [0.15, 0.2) is 0 Å². The third-order valence-corrected chi connectivity index (χ3v) is 6.36. The Morgan fingerprint density at radius 2 is 1.62 bits per heavy atom. The molecule has 0 aliphatic carbocycles. The minimum Gasteiger partial charge on any atom is -0.463 e. The Morgan fingerprint density at radius 1 is 1.08 bits per heavy atom. The van der Waals surface area contributed by atoms with E-state index in [1.54, 1.807) is 0 Å². The van der Waals surface area contributed by atoms with Crippen LogP contribution >= 0.6 is 17.9 Å². The number of thiol groups is 1. The van der Waals surface area contributed by atoms with Crippen molar-refractivity contribution in [3.63, 3.8) is 0 Å². The highest BCUT2D eigenvalue weighted by molar-refractivity contribution is 8.60. The van der Waals surface area contributed by atoms with Crippen LogP contribution in [0.5, 0.6) is 0 Å². The zero-order chi connectivity index (χ0) is 17.7. The molecule has 0 bridgehead atoms. The van der Waals surface area contributed by atoms with Gasteiger partial charge in [-0.1, -0.05) is 83.4 Å². The van der Waals surface area contributed by atoms with Gasteiger partial charge in [-0.25, -0.2) is 0 Å². The van der Waals surface area contributed by atoms with E-state index in [2.05, 4.69) is 19.2 Å². The predicted molar refractivity (Wildman–Crippen MR) is 106 cm³/mol. The maximum absolute atomic E-state index is 11.7. The number of hydrogen-bond donors (Lipinski definition) is 1. The molecule has 0 amide bonds. The fourth-order valence-electron chi connectivity index (χ4n) is 2.70. The van der Waals surface area contributed by atoms with E-state index in [9.17, 15) is 4.79 Å². The lowest BCUT2D eigenvalue weighted by Crippen LogP contribution is -2.20. The highest BCUT2D eigenvalue weighted by atomic mass is 32.9. The molecule has 1 aliphatic heterocycles. The predicted octanol–water partition coefficient (Wildman–Crippen LogP) is 5.80. The van der Waals surface area contributed by atoms with Crippen LogP contribution in [-0.2, 0) is 30.4 Å². The van der Waals surface area contributed by atoms with Gasteiger partial charge < -0.3 is 13.8 Å². The molecular formula is C17H33O4PS2. The van der Waals surface area contributed by atoms with Crippen LogP contribution in [-0.4, -0.2) is 25.3 Å². The lowest BCUT2D eigenvalue weighted by Gasteiger charge is -2.10. The van der Waals surface area contributed by atoms with Gasteiger partial charge in [0.2, 0.25) is 5.69 Å². The van der Waals surface area contributed by atoms with Crippen LogP contribution in [0.25, 0.3) is 0 Å². The number of hydrogen-bond acceptors (Lipinski definition) is 5. The Morgan fingerprint density at radius 3 is 2.12 bits per heavy atom. The monoisotopic (exact) mass is 396 g/mol. The summed E-state index contributed by atoms with van der Waals surface area (Å²) in [6, 6.07) is 0. The van der Waals surface area contributed by atoms with Crippen molar-refractivity contribution in [3.05, 3.63) is 0 Å². The van der Waals surface area contributed by atoms with Crippen molar-refractivity contribution in [3.8, 4) is 0 Å². The summed E-state index contributed by atoms with van der Waals surface area (Å²) in [5.41, 5.74) is -2.37. The Kier molecular flexibility index (Phi) is 12.7. The standard InChI is InChI=1S/C17H33O4PS2/c1-2-3-4-5-6-7-8-9-10-11-12-13-17(18)19-14-16-15-20-22(23,24)21-16/h16H,2-15H2,1H3,(H,23,24). The van der Waals surface area contributed by atoms with E-state index < -0.39 is 5.69 Å². The minimum absolute atomic E-state index is 0.158. The summed E-state index contributed by atoms with van der Waals surface area (Å²) in [5.74, 6) is -0.158. The molecule has 0 radical (unpaired) electrons. The molecule has 4 nitrogen and oxygen atoms in total. The van der Waals surface area contributed by atoms with Gasteiger partial charge in [0.1, 0.15) is 12.7 Å². The number of rotatable bonds is 14. The lowest BCUT2D eigenvalue weighted by molar-refractivity contribution is -0.145. The van der Waals surface area contributed by atoms with Gasteiger partial charge in [-0.3, -0.25) is 4.79 Å². The van der Waals surface area contributed by atoms with Crippen molar-refractivity contribution in [2.24, 2.45) is 0 Å². The maximum atomic E-state index is 11.7. The topological polar surface area (TPSA) is 44.8 Å². The van der Waals surface area contributed by atoms with Gasteiger partial charge in [-0.15, -0.1) is 0 Å². The summed E-state index contributed by atoms with van der Waals surface area (Å²) in [5, 5.41) is 0. The molecule has 24 heavy (non-hydrogen) atoms. The molecule has 0 N–H and O–H groups in total. The van der Waals surface area contributed by atoms with Gasteiger partial charge in [-0.2, -0.15) is 0 Å². The van der Waals surface area contributed by atoms with Gasteiger partial charge in [0, 0.05) is 6.42 Å². The van der Waals surface area contributed by atoms with Crippen molar-refractivity contribution in [2.45, 2.75) is 90.1 Å². The molecule has 1 heterocycles. The van der Waals surface area contributed by atoms with Crippen LogP contribution in [0.2, 0.25) is 0 Å². The molecule has 7 heteroatoms. The van der Waals surface area contributed by atoms with E-state index in [0.29, 0.717) is 13.0 Å². The quantitative estimate of drug-likeness (QED) is 0.174. The first-order valence-electron chi connectivity index (χ1n) is 9.35. The molecule has 1 fully saturated rings. The van der Waals surface area contributed by atoms with Gasteiger partial charge in [0.05, 0.1) is 6.61 Å². The second kappa shape index (κ2) is 13.6. The Hall–Kier alpha value is 0.390. The molecule has 2 atom stereocenters. The minimum atomic E-state index is -2.37. The normalized spacial score (nSPS) is 23.5. The smallest absolute Gasteiger partial charge is 0.305 e. The summed E-state index contributed by atoms with van der Waals surface area (Å²) < 4.78 is 15.8. The van der Waals surface area contributed by atoms with Crippen molar-refractivity contribution >= 4 is 35.7 Å². The average Bonchev–Trinajstić information content (AvgIpc) is 2.90. The fraction of sp³-hybridized carbons (Fsp3) is 0.941. The summed E-state index contributed by atoms with van der Waals surface area (Å²) in [6.07, 6.45) is 14.2. The zero-order valence-electron chi connectivity index (χ0n) is 14.9. The first-order valence-corrected chi connectivity index (χ1v) is 13.1. The summed E-state index contributed by atoms with van der Waals surface area (Å²) >= 11 is 9.13.